The van der Waals surface area contributed by atoms with Crippen molar-refractivity contribution in [2.75, 3.05) is 18.9 Å². The number of thiophene rings is 1. The zero-order valence-electron chi connectivity index (χ0n) is 9.29. The summed E-state index contributed by atoms with van der Waals surface area (Å²) in [6.07, 6.45) is 3.83. The number of anilines is 1. The van der Waals surface area contributed by atoms with Gasteiger partial charge in [0.2, 0.25) is 0 Å². The van der Waals surface area contributed by atoms with Crippen molar-refractivity contribution < 1.29 is 4.79 Å². The monoisotopic (exact) mass is 260 g/mol. The Hall–Kier alpha value is -0.740. The van der Waals surface area contributed by atoms with E-state index >= 15 is 0 Å². The van der Waals surface area contributed by atoms with Crippen LogP contribution in [0.4, 0.5) is 5.00 Å². The number of carbonyl (C=O) groups is 1. The van der Waals surface area contributed by atoms with Crippen molar-refractivity contribution in [2.24, 2.45) is 5.92 Å². The average molecular weight is 261 g/mol. The molecule has 1 aliphatic rings. The molecule has 1 heterocycles. The second kappa shape index (κ2) is 6.11. The molecule has 90 valence electrons. The number of hydrogen-bond donors (Lipinski definition) is 2. The van der Waals surface area contributed by atoms with Gasteiger partial charge in [0.25, 0.3) is 5.91 Å². The van der Waals surface area contributed by atoms with E-state index in [1.807, 2.05) is 19.2 Å². The number of amides is 1. The van der Waals surface area contributed by atoms with Gasteiger partial charge in [-0.3, -0.25) is 4.79 Å². The molecule has 1 aromatic rings. The van der Waals surface area contributed by atoms with Crippen molar-refractivity contribution in [1.29, 1.82) is 0 Å². The highest BCUT2D eigenvalue weighted by Gasteiger charge is 2.20. The first-order chi connectivity index (χ1) is 7.29. The Labute approximate surface area is 106 Å². The first-order valence-corrected chi connectivity index (χ1v) is 6.17. The van der Waals surface area contributed by atoms with Crippen molar-refractivity contribution in [2.45, 2.75) is 19.3 Å². The fourth-order valence-electron chi connectivity index (χ4n) is 1.48. The van der Waals surface area contributed by atoms with Crippen LogP contribution in [0.2, 0.25) is 0 Å². The molecular weight excluding hydrogens is 244 g/mol. The molecule has 1 amide bonds. The lowest BCUT2D eigenvalue weighted by Crippen LogP contribution is -2.23. The highest BCUT2D eigenvalue weighted by atomic mass is 35.5. The SMILES string of the molecule is CNc1ccc(C(=O)NCCC2CC2)s1.Cl. The molecule has 0 radical (unpaired) electrons. The van der Waals surface area contributed by atoms with E-state index in [4.69, 9.17) is 0 Å². The first-order valence-electron chi connectivity index (χ1n) is 5.35. The Morgan fingerprint density at radius 2 is 2.25 bits per heavy atom. The second-order valence-electron chi connectivity index (χ2n) is 3.90. The maximum atomic E-state index is 11.6. The van der Waals surface area contributed by atoms with Crippen molar-refractivity contribution in [3.8, 4) is 0 Å². The summed E-state index contributed by atoms with van der Waals surface area (Å²) in [7, 11) is 1.86. The third-order valence-corrected chi connectivity index (χ3v) is 3.71. The molecule has 2 rings (SSSR count). The number of hydrogen-bond acceptors (Lipinski definition) is 3. The van der Waals surface area contributed by atoms with Crippen LogP contribution in [0.15, 0.2) is 12.1 Å². The number of rotatable bonds is 5. The maximum Gasteiger partial charge on any atom is 0.261 e. The lowest BCUT2D eigenvalue weighted by Gasteiger charge is -2.01. The van der Waals surface area contributed by atoms with E-state index < -0.39 is 0 Å². The van der Waals surface area contributed by atoms with Crippen LogP contribution in [0, 0.1) is 5.92 Å². The van der Waals surface area contributed by atoms with E-state index in [1.54, 1.807) is 0 Å². The Morgan fingerprint density at radius 1 is 1.50 bits per heavy atom. The molecule has 1 fully saturated rings. The van der Waals surface area contributed by atoms with E-state index in [0.29, 0.717) is 0 Å². The van der Waals surface area contributed by atoms with Crippen LogP contribution in [-0.4, -0.2) is 19.5 Å². The largest absolute Gasteiger partial charge is 0.380 e. The van der Waals surface area contributed by atoms with Crippen LogP contribution < -0.4 is 10.6 Å². The van der Waals surface area contributed by atoms with Gasteiger partial charge in [-0.1, -0.05) is 12.8 Å². The molecule has 0 aliphatic heterocycles. The number of nitrogens with one attached hydrogen (secondary N) is 2. The Kier molecular flexibility index (Phi) is 5.09. The van der Waals surface area contributed by atoms with Gasteiger partial charge in [0.15, 0.2) is 0 Å². The molecule has 0 saturated heterocycles. The molecule has 0 atom stereocenters. The minimum atomic E-state index is 0. The summed E-state index contributed by atoms with van der Waals surface area (Å²) in [6, 6.07) is 3.80. The van der Waals surface area contributed by atoms with Crippen molar-refractivity contribution in [3.63, 3.8) is 0 Å². The van der Waals surface area contributed by atoms with E-state index in [-0.39, 0.29) is 18.3 Å². The third-order valence-electron chi connectivity index (χ3n) is 2.61. The van der Waals surface area contributed by atoms with E-state index in [1.165, 1.54) is 24.2 Å². The zero-order chi connectivity index (χ0) is 10.7. The van der Waals surface area contributed by atoms with Crippen LogP contribution in [-0.2, 0) is 0 Å². The molecule has 1 saturated carbocycles. The summed E-state index contributed by atoms with van der Waals surface area (Å²) in [4.78, 5) is 12.4. The summed E-state index contributed by atoms with van der Waals surface area (Å²) < 4.78 is 0. The number of halogens is 1. The molecule has 0 bridgehead atoms. The molecule has 3 nitrogen and oxygen atoms in total. The van der Waals surface area contributed by atoms with Gasteiger partial charge in [-0.25, -0.2) is 0 Å². The zero-order valence-corrected chi connectivity index (χ0v) is 10.9. The summed E-state index contributed by atoms with van der Waals surface area (Å²) in [6.45, 7) is 0.816. The van der Waals surface area contributed by atoms with Gasteiger partial charge in [0, 0.05) is 13.6 Å². The third kappa shape index (κ3) is 3.68. The van der Waals surface area contributed by atoms with Gasteiger partial charge < -0.3 is 10.6 Å². The minimum Gasteiger partial charge on any atom is -0.380 e. The second-order valence-corrected chi connectivity index (χ2v) is 4.99. The predicted octanol–water partition coefficient (Wildman–Crippen LogP) is 2.74. The molecule has 1 aromatic heterocycles. The van der Waals surface area contributed by atoms with Gasteiger partial charge in [0.1, 0.15) is 0 Å². The minimum absolute atomic E-state index is 0. The standard InChI is InChI=1S/C11H16N2OS.ClH/c1-12-10-5-4-9(15-10)11(14)13-7-6-8-2-3-8;/h4-5,8,12H,2-3,6-7H2,1H3,(H,13,14);1H. The maximum absolute atomic E-state index is 11.6. The first kappa shape index (κ1) is 13.3. The molecule has 0 aromatic carbocycles. The summed E-state index contributed by atoms with van der Waals surface area (Å²) in [5.74, 6) is 0.934. The lowest BCUT2D eigenvalue weighted by atomic mass is 10.3. The van der Waals surface area contributed by atoms with Crippen molar-refractivity contribution in [1.82, 2.24) is 5.32 Å². The molecule has 0 spiro atoms. The smallest absolute Gasteiger partial charge is 0.261 e. The van der Waals surface area contributed by atoms with Crippen LogP contribution in [0.5, 0.6) is 0 Å². The van der Waals surface area contributed by atoms with Gasteiger partial charge in [-0.15, -0.1) is 23.7 Å². The Morgan fingerprint density at radius 3 is 2.81 bits per heavy atom. The van der Waals surface area contributed by atoms with E-state index in [0.717, 1.165) is 28.8 Å². The van der Waals surface area contributed by atoms with Gasteiger partial charge in [-0.2, -0.15) is 0 Å². The Balaban J connectivity index is 0.00000128. The number of carbonyl (C=O) groups excluding carboxylic acids is 1. The molecule has 5 heteroatoms. The van der Waals surface area contributed by atoms with Crippen LogP contribution in [0.1, 0.15) is 28.9 Å². The highest BCUT2D eigenvalue weighted by Crippen LogP contribution is 2.31. The van der Waals surface area contributed by atoms with Gasteiger partial charge >= 0.3 is 0 Å². The quantitative estimate of drug-likeness (QED) is 0.855. The molecule has 2 N–H and O–H groups in total. The Bertz CT molecular complexity index is 350. The fourth-order valence-corrected chi connectivity index (χ4v) is 2.25. The van der Waals surface area contributed by atoms with E-state index in [2.05, 4.69) is 10.6 Å². The van der Waals surface area contributed by atoms with Crippen molar-refractivity contribution >= 4 is 34.7 Å². The topological polar surface area (TPSA) is 41.1 Å². The average Bonchev–Trinajstić information content (AvgIpc) is 2.94. The highest BCUT2D eigenvalue weighted by molar-refractivity contribution is 7.17. The fraction of sp³-hybridized carbons (Fsp3) is 0.545. The van der Waals surface area contributed by atoms with Crippen molar-refractivity contribution in [3.05, 3.63) is 17.0 Å². The predicted molar refractivity (Wildman–Crippen MR) is 70.8 cm³/mol. The molecule has 0 unspecified atom stereocenters. The van der Waals surface area contributed by atoms with Gasteiger partial charge in [0.05, 0.1) is 9.88 Å². The molecule has 16 heavy (non-hydrogen) atoms. The normalized spacial score (nSPS) is 14.1. The van der Waals surface area contributed by atoms with Crippen LogP contribution >= 0.6 is 23.7 Å². The molecular formula is C11H17ClN2OS. The molecule has 1 aliphatic carbocycles. The van der Waals surface area contributed by atoms with Crippen LogP contribution in [0.3, 0.4) is 0 Å². The van der Waals surface area contributed by atoms with E-state index in [9.17, 15) is 4.79 Å². The summed E-state index contributed by atoms with van der Waals surface area (Å²) in [5.41, 5.74) is 0. The van der Waals surface area contributed by atoms with Crippen LogP contribution in [0.25, 0.3) is 0 Å². The summed E-state index contributed by atoms with van der Waals surface area (Å²) in [5, 5.41) is 7.01. The summed E-state index contributed by atoms with van der Waals surface area (Å²) >= 11 is 1.49. The van der Waals surface area contributed by atoms with Gasteiger partial charge in [-0.05, 0) is 24.5 Å². The lowest BCUT2D eigenvalue weighted by molar-refractivity contribution is 0.0957.